The van der Waals surface area contributed by atoms with Crippen molar-refractivity contribution in [1.82, 2.24) is 5.32 Å². The van der Waals surface area contributed by atoms with Gasteiger partial charge in [0.2, 0.25) is 0 Å². The minimum absolute atomic E-state index is 0.0708. The molecule has 4 atom stereocenters. The molecule has 0 amide bonds. The Labute approximate surface area is 98.6 Å². The van der Waals surface area contributed by atoms with Crippen molar-refractivity contribution in [2.75, 3.05) is 13.2 Å². The van der Waals surface area contributed by atoms with Crippen molar-refractivity contribution in [2.24, 2.45) is 5.92 Å². The van der Waals surface area contributed by atoms with Gasteiger partial charge < -0.3 is 15.2 Å². The van der Waals surface area contributed by atoms with Crippen LogP contribution >= 0.6 is 0 Å². The molecule has 0 bridgehead atoms. The van der Waals surface area contributed by atoms with Gasteiger partial charge in [-0.05, 0) is 38.5 Å². The van der Waals surface area contributed by atoms with E-state index in [0.717, 1.165) is 32.4 Å². The van der Waals surface area contributed by atoms with Crippen molar-refractivity contribution >= 4 is 0 Å². The topological polar surface area (TPSA) is 41.5 Å². The zero-order valence-corrected chi connectivity index (χ0v) is 10.3. The molecule has 16 heavy (non-hydrogen) atoms. The normalized spacial score (nSPS) is 40.9. The molecular formula is C13H25NO2. The first kappa shape index (κ1) is 12.3. The van der Waals surface area contributed by atoms with Crippen molar-refractivity contribution in [2.45, 2.75) is 63.7 Å². The molecule has 1 aliphatic heterocycles. The van der Waals surface area contributed by atoms with E-state index in [1.807, 2.05) is 0 Å². The van der Waals surface area contributed by atoms with E-state index < -0.39 is 0 Å². The van der Waals surface area contributed by atoms with Gasteiger partial charge in [-0.3, -0.25) is 0 Å². The average molecular weight is 227 g/mol. The molecule has 94 valence electrons. The highest BCUT2D eigenvalue weighted by atomic mass is 16.5. The average Bonchev–Trinajstić information content (AvgIpc) is 2.28. The molecule has 2 aliphatic rings. The highest BCUT2D eigenvalue weighted by molar-refractivity contribution is 4.80. The SMILES string of the molecule is CC1CC(NCC2CCCCC2O)CCO1. The van der Waals surface area contributed by atoms with Gasteiger partial charge >= 0.3 is 0 Å². The molecule has 1 aliphatic carbocycles. The summed E-state index contributed by atoms with van der Waals surface area (Å²) in [6, 6.07) is 0.595. The van der Waals surface area contributed by atoms with Crippen molar-refractivity contribution in [3.05, 3.63) is 0 Å². The molecule has 0 spiro atoms. The maximum absolute atomic E-state index is 9.89. The molecule has 1 saturated carbocycles. The van der Waals surface area contributed by atoms with Gasteiger partial charge in [0.05, 0.1) is 12.2 Å². The number of hydrogen-bond donors (Lipinski definition) is 2. The summed E-state index contributed by atoms with van der Waals surface area (Å²) in [6.07, 6.45) is 7.22. The zero-order valence-electron chi connectivity index (χ0n) is 10.3. The Hall–Kier alpha value is -0.120. The fourth-order valence-electron chi connectivity index (χ4n) is 2.93. The van der Waals surface area contributed by atoms with E-state index in [4.69, 9.17) is 4.74 Å². The molecular weight excluding hydrogens is 202 g/mol. The van der Waals surface area contributed by atoms with Crippen molar-refractivity contribution < 1.29 is 9.84 Å². The van der Waals surface area contributed by atoms with Gasteiger partial charge in [0.15, 0.2) is 0 Å². The fourth-order valence-corrected chi connectivity index (χ4v) is 2.93. The summed E-state index contributed by atoms with van der Waals surface area (Å²) in [7, 11) is 0. The molecule has 0 radical (unpaired) electrons. The van der Waals surface area contributed by atoms with Gasteiger partial charge in [-0.15, -0.1) is 0 Å². The smallest absolute Gasteiger partial charge is 0.0580 e. The Bertz CT molecular complexity index is 210. The summed E-state index contributed by atoms with van der Waals surface area (Å²) < 4.78 is 5.53. The third-order valence-electron chi connectivity index (χ3n) is 4.02. The van der Waals surface area contributed by atoms with Crippen LogP contribution in [0.3, 0.4) is 0 Å². The van der Waals surface area contributed by atoms with Crippen LogP contribution in [0.1, 0.15) is 45.4 Å². The Morgan fingerprint density at radius 2 is 2.06 bits per heavy atom. The second kappa shape index (κ2) is 5.99. The number of aliphatic hydroxyl groups is 1. The Kier molecular flexibility index (Phi) is 4.62. The van der Waals surface area contributed by atoms with Crippen LogP contribution in [0.5, 0.6) is 0 Å². The van der Waals surface area contributed by atoms with Gasteiger partial charge in [0.1, 0.15) is 0 Å². The van der Waals surface area contributed by atoms with Crippen LogP contribution < -0.4 is 5.32 Å². The van der Waals surface area contributed by atoms with E-state index in [-0.39, 0.29) is 6.10 Å². The molecule has 2 fully saturated rings. The van der Waals surface area contributed by atoms with Crippen molar-refractivity contribution in [3.63, 3.8) is 0 Å². The van der Waals surface area contributed by atoms with Crippen LogP contribution in [0, 0.1) is 5.92 Å². The number of nitrogens with one attached hydrogen (secondary N) is 1. The summed E-state index contributed by atoms with van der Waals surface area (Å²) >= 11 is 0. The van der Waals surface area contributed by atoms with Crippen LogP contribution in [0.4, 0.5) is 0 Å². The number of aliphatic hydroxyl groups excluding tert-OH is 1. The van der Waals surface area contributed by atoms with E-state index in [1.165, 1.54) is 19.3 Å². The lowest BCUT2D eigenvalue weighted by atomic mass is 9.86. The van der Waals surface area contributed by atoms with E-state index >= 15 is 0 Å². The Balaban J connectivity index is 1.69. The molecule has 0 aromatic carbocycles. The largest absolute Gasteiger partial charge is 0.393 e. The van der Waals surface area contributed by atoms with E-state index in [1.54, 1.807) is 0 Å². The minimum Gasteiger partial charge on any atom is -0.393 e. The quantitative estimate of drug-likeness (QED) is 0.771. The maximum atomic E-state index is 9.89. The molecule has 1 heterocycles. The minimum atomic E-state index is -0.0708. The molecule has 1 saturated heterocycles. The molecule has 0 aromatic rings. The molecule has 3 heteroatoms. The van der Waals surface area contributed by atoms with Gasteiger partial charge in [-0.1, -0.05) is 12.8 Å². The van der Waals surface area contributed by atoms with Crippen molar-refractivity contribution in [1.29, 1.82) is 0 Å². The molecule has 3 nitrogen and oxygen atoms in total. The van der Waals surface area contributed by atoms with E-state index in [9.17, 15) is 5.11 Å². The van der Waals surface area contributed by atoms with Crippen molar-refractivity contribution in [3.8, 4) is 0 Å². The Morgan fingerprint density at radius 3 is 2.81 bits per heavy atom. The zero-order chi connectivity index (χ0) is 11.4. The molecule has 4 unspecified atom stereocenters. The first-order valence-electron chi connectivity index (χ1n) is 6.78. The molecule has 2 N–H and O–H groups in total. The first-order valence-corrected chi connectivity index (χ1v) is 6.78. The lowest BCUT2D eigenvalue weighted by Gasteiger charge is -2.32. The second-order valence-electron chi connectivity index (χ2n) is 5.42. The van der Waals surface area contributed by atoms with Crippen LogP contribution in [0.2, 0.25) is 0 Å². The van der Waals surface area contributed by atoms with E-state index in [0.29, 0.717) is 18.1 Å². The third-order valence-corrected chi connectivity index (χ3v) is 4.02. The monoisotopic (exact) mass is 227 g/mol. The lowest BCUT2D eigenvalue weighted by Crippen LogP contribution is -2.42. The molecule has 2 rings (SSSR count). The first-order chi connectivity index (χ1) is 7.75. The summed E-state index contributed by atoms with van der Waals surface area (Å²) in [5.74, 6) is 0.479. The van der Waals surface area contributed by atoms with Gasteiger partial charge in [-0.2, -0.15) is 0 Å². The Morgan fingerprint density at radius 1 is 1.25 bits per heavy atom. The highest BCUT2D eigenvalue weighted by Gasteiger charge is 2.25. The predicted molar refractivity (Wildman–Crippen MR) is 64.4 cm³/mol. The maximum Gasteiger partial charge on any atom is 0.0580 e. The van der Waals surface area contributed by atoms with Crippen LogP contribution in [0.15, 0.2) is 0 Å². The van der Waals surface area contributed by atoms with Gasteiger partial charge in [0.25, 0.3) is 0 Å². The van der Waals surface area contributed by atoms with Crippen LogP contribution in [0.25, 0.3) is 0 Å². The summed E-state index contributed by atoms with van der Waals surface area (Å²) in [4.78, 5) is 0. The number of hydrogen-bond acceptors (Lipinski definition) is 3. The summed E-state index contributed by atoms with van der Waals surface area (Å²) in [5, 5.41) is 13.5. The second-order valence-corrected chi connectivity index (χ2v) is 5.42. The van der Waals surface area contributed by atoms with Gasteiger partial charge in [0, 0.05) is 19.2 Å². The number of ether oxygens (including phenoxy) is 1. The lowest BCUT2D eigenvalue weighted by molar-refractivity contribution is 0.00916. The fraction of sp³-hybridized carbons (Fsp3) is 1.00. The standard InChI is InChI=1S/C13H25NO2/c1-10-8-12(6-7-16-10)14-9-11-4-2-3-5-13(11)15/h10-15H,2-9H2,1H3. The molecule has 0 aromatic heterocycles. The third kappa shape index (κ3) is 3.44. The number of rotatable bonds is 3. The summed E-state index contributed by atoms with van der Waals surface area (Å²) in [6.45, 7) is 4.01. The van der Waals surface area contributed by atoms with E-state index in [2.05, 4.69) is 12.2 Å². The highest BCUT2D eigenvalue weighted by Crippen LogP contribution is 2.24. The predicted octanol–water partition coefficient (Wildman–Crippen LogP) is 1.69. The van der Waals surface area contributed by atoms with Crippen LogP contribution in [-0.4, -0.2) is 36.5 Å². The van der Waals surface area contributed by atoms with Gasteiger partial charge in [-0.25, -0.2) is 0 Å². The van der Waals surface area contributed by atoms with Crippen LogP contribution in [-0.2, 0) is 4.74 Å². The summed E-state index contributed by atoms with van der Waals surface area (Å²) in [5.41, 5.74) is 0.